The number of hydrogen-bond donors (Lipinski definition) is 0. The molecule has 0 atom stereocenters. The molecule has 0 nitrogen and oxygen atoms in total. The first-order valence-electron chi connectivity index (χ1n) is 25.7. The summed E-state index contributed by atoms with van der Waals surface area (Å²) in [5.41, 5.74) is 17.6. The maximum atomic E-state index is 2.40. The summed E-state index contributed by atoms with van der Waals surface area (Å²) in [5.74, 6) is 0. The van der Waals surface area contributed by atoms with Crippen LogP contribution in [0.15, 0.2) is 48.5 Å². The molecule has 0 fully saturated rings. The van der Waals surface area contributed by atoms with Crippen molar-refractivity contribution in [1.29, 1.82) is 0 Å². The summed E-state index contributed by atoms with van der Waals surface area (Å²) < 4.78 is 0. The Bertz CT molecular complexity index is 2200. The zero-order valence-corrected chi connectivity index (χ0v) is 45.1. The average Bonchev–Trinajstić information content (AvgIpc) is 3.97. The van der Waals surface area contributed by atoms with Crippen molar-refractivity contribution in [2.45, 2.75) is 210 Å². The predicted octanol–water partition coefficient (Wildman–Crippen LogP) is 21.7. The van der Waals surface area contributed by atoms with Gasteiger partial charge in [-0.1, -0.05) is 178 Å². The smallest absolute Gasteiger partial charge is 0.0484 e. The van der Waals surface area contributed by atoms with Gasteiger partial charge in [0.15, 0.2) is 0 Å². The van der Waals surface area contributed by atoms with Crippen LogP contribution >= 0.6 is 45.3 Å². The number of benzene rings is 2. The summed E-state index contributed by atoms with van der Waals surface area (Å²) in [7, 11) is 0. The minimum absolute atomic E-state index is 1.18. The van der Waals surface area contributed by atoms with Crippen molar-refractivity contribution in [3.8, 4) is 50.1 Å². The van der Waals surface area contributed by atoms with E-state index in [1.807, 2.05) is 45.3 Å². The molecule has 0 saturated heterocycles. The molecule has 0 unspecified atom stereocenters. The number of hydrogen-bond acceptors (Lipinski definition) is 4. The summed E-state index contributed by atoms with van der Waals surface area (Å²) in [4.78, 5) is 11.7. The van der Waals surface area contributed by atoms with Crippen molar-refractivity contribution in [3.05, 3.63) is 104 Å². The molecule has 0 radical (unpaired) electrons. The van der Waals surface area contributed by atoms with E-state index in [-0.39, 0.29) is 0 Å². The van der Waals surface area contributed by atoms with E-state index in [1.54, 1.807) is 0 Å². The third-order valence-corrected chi connectivity index (χ3v) is 20.7. The largest absolute Gasteiger partial charge is 0.134 e. The van der Waals surface area contributed by atoms with Gasteiger partial charge in [0.1, 0.15) is 0 Å². The van der Waals surface area contributed by atoms with Crippen LogP contribution in [0, 0.1) is 55.4 Å². The molecule has 4 heterocycles. The van der Waals surface area contributed by atoms with Crippen molar-refractivity contribution in [1.82, 2.24) is 0 Å². The number of unbranched alkanes of at least 4 members (excludes halogenated alkanes) is 18. The second kappa shape index (κ2) is 25.4. The quantitative estimate of drug-likeness (QED) is 0.0452. The molecule has 64 heavy (non-hydrogen) atoms. The Balaban J connectivity index is 1.17. The van der Waals surface area contributed by atoms with Crippen LogP contribution in [0.2, 0.25) is 0 Å². The Hall–Kier alpha value is -2.76. The van der Waals surface area contributed by atoms with Crippen LogP contribution in [-0.4, -0.2) is 0 Å². The molecule has 0 spiro atoms. The average molecular weight is 932 g/mol. The molecule has 0 saturated carbocycles. The van der Waals surface area contributed by atoms with Gasteiger partial charge in [-0.15, -0.1) is 45.3 Å². The van der Waals surface area contributed by atoms with Crippen molar-refractivity contribution in [2.24, 2.45) is 0 Å². The molecule has 6 rings (SSSR count). The summed E-state index contributed by atoms with van der Waals surface area (Å²) in [6.45, 7) is 23.6. The molecule has 0 aliphatic heterocycles. The van der Waals surface area contributed by atoms with Crippen LogP contribution in [0.3, 0.4) is 0 Å². The van der Waals surface area contributed by atoms with Gasteiger partial charge in [-0.05, 0) is 148 Å². The lowest BCUT2D eigenvalue weighted by atomic mass is 9.97. The Morgan fingerprint density at radius 2 is 0.484 bits per heavy atom. The molecule has 0 N–H and O–H groups in total. The molecule has 0 aliphatic carbocycles. The lowest BCUT2D eigenvalue weighted by Crippen LogP contribution is -1.91. The van der Waals surface area contributed by atoms with Crippen LogP contribution in [0.4, 0.5) is 0 Å². The molecular weight excluding hydrogens is 849 g/mol. The Kier molecular flexibility index (Phi) is 20.1. The lowest BCUT2D eigenvalue weighted by molar-refractivity contribution is 0.556. The molecule has 6 aromatic rings. The zero-order valence-electron chi connectivity index (χ0n) is 41.8. The van der Waals surface area contributed by atoms with Gasteiger partial charge in [-0.3, -0.25) is 0 Å². The van der Waals surface area contributed by atoms with Crippen LogP contribution in [0.5, 0.6) is 0 Å². The number of thiophene rings is 4. The second-order valence-corrected chi connectivity index (χ2v) is 23.3. The van der Waals surface area contributed by atoms with Gasteiger partial charge < -0.3 is 0 Å². The van der Waals surface area contributed by atoms with E-state index in [0.29, 0.717) is 0 Å². The van der Waals surface area contributed by atoms with E-state index in [2.05, 4.69) is 118 Å². The highest BCUT2D eigenvalue weighted by molar-refractivity contribution is 7.30. The van der Waals surface area contributed by atoms with Crippen molar-refractivity contribution < 1.29 is 0 Å². The predicted molar refractivity (Wildman–Crippen MR) is 294 cm³/mol. The Morgan fingerprint density at radius 1 is 0.266 bits per heavy atom. The summed E-state index contributed by atoms with van der Waals surface area (Å²) in [6.07, 6.45) is 30.0. The van der Waals surface area contributed by atoms with E-state index in [4.69, 9.17) is 0 Å². The minimum atomic E-state index is 1.18. The molecule has 2 aromatic carbocycles. The highest BCUT2D eigenvalue weighted by atomic mass is 32.1. The molecule has 0 aliphatic rings. The Labute approximate surface area is 407 Å². The third-order valence-electron chi connectivity index (χ3n) is 14.5. The topological polar surface area (TPSA) is 0 Å². The standard InChI is InChI=1S/C60H82S4/c1-11-13-15-17-19-21-23-25-27-29-35-49-37-31-33-39-51(49)53-41(3)43(5)55(61-53)57-45(7)47(9)59(63-57)60-48(10)46(8)58(64-60)56-44(6)42(4)54(62-56)52-40-34-32-38-50(52)36-30-28-26-24-22-20-18-16-14-12-2/h31-34,37-40H,11-30,35-36H2,1-10H3. The van der Waals surface area contributed by atoms with Crippen molar-refractivity contribution in [3.63, 3.8) is 0 Å². The molecule has 0 bridgehead atoms. The monoisotopic (exact) mass is 931 g/mol. The van der Waals surface area contributed by atoms with Gasteiger partial charge in [0.25, 0.3) is 0 Å². The highest BCUT2D eigenvalue weighted by Gasteiger charge is 2.26. The summed E-state index contributed by atoms with van der Waals surface area (Å²) >= 11 is 8.16. The van der Waals surface area contributed by atoms with Gasteiger partial charge in [0, 0.05) is 39.0 Å². The Morgan fingerprint density at radius 3 is 0.766 bits per heavy atom. The van der Waals surface area contributed by atoms with E-state index in [9.17, 15) is 0 Å². The molecule has 4 heteroatoms. The zero-order chi connectivity index (χ0) is 45.6. The van der Waals surface area contributed by atoms with Crippen LogP contribution in [-0.2, 0) is 12.8 Å². The fourth-order valence-corrected chi connectivity index (χ4v) is 15.8. The SMILES string of the molecule is CCCCCCCCCCCCc1ccccc1-c1sc(-c2sc(-c3sc(-c4sc(-c5ccccc5CCCCCCCCCCCC)c(C)c4C)c(C)c3C)c(C)c2C)c(C)c1C. The van der Waals surface area contributed by atoms with Gasteiger partial charge in [0.05, 0.1) is 0 Å². The molecule has 346 valence electrons. The first kappa shape index (κ1) is 50.6. The fourth-order valence-electron chi connectivity index (χ4n) is 9.72. The molecule has 4 aromatic heterocycles. The van der Waals surface area contributed by atoms with Gasteiger partial charge >= 0.3 is 0 Å². The summed E-state index contributed by atoms with van der Waals surface area (Å²) in [5, 5.41) is 0. The van der Waals surface area contributed by atoms with Crippen LogP contribution in [0.1, 0.15) is 198 Å². The van der Waals surface area contributed by atoms with Crippen molar-refractivity contribution >= 4 is 45.3 Å². The van der Waals surface area contributed by atoms with Gasteiger partial charge in [-0.25, -0.2) is 0 Å². The second-order valence-electron chi connectivity index (χ2n) is 19.2. The highest BCUT2D eigenvalue weighted by Crippen LogP contribution is 2.54. The van der Waals surface area contributed by atoms with E-state index in [1.165, 1.54) is 247 Å². The normalized spacial score (nSPS) is 11.7. The van der Waals surface area contributed by atoms with Gasteiger partial charge in [-0.2, -0.15) is 0 Å². The van der Waals surface area contributed by atoms with Crippen LogP contribution in [0.25, 0.3) is 50.1 Å². The van der Waals surface area contributed by atoms with E-state index >= 15 is 0 Å². The number of rotatable bonds is 27. The minimum Gasteiger partial charge on any atom is -0.134 e. The molecular formula is C60H82S4. The maximum Gasteiger partial charge on any atom is 0.0484 e. The van der Waals surface area contributed by atoms with E-state index in [0.717, 1.165) is 0 Å². The van der Waals surface area contributed by atoms with Crippen molar-refractivity contribution in [2.75, 3.05) is 0 Å². The maximum absolute atomic E-state index is 2.40. The number of aryl methyl sites for hydroxylation is 2. The summed E-state index contributed by atoms with van der Waals surface area (Å²) in [6, 6.07) is 18.6. The lowest BCUT2D eigenvalue weighted by Gasteiger charge is -2.09. The van der Waals surface area contributed by atoms with E-state index < -0.39 is 0 Å². The van der Waals surface area contributed by atoms with Crippen LogP contribution < -0.4 is 0 Å². The first-order valence-corrected chi connectivity index (χ1v) is 28.9. The third kappa shape index (κ3) is 12.4. The molecule has 0 amide bonds. The first-order chi connectivity index (χ1) is 31.1. The fraction of sp³-hybridized carbons (Fsp3) is 0.533. The van der Waals surface area contributed by atoms with Gasteiger partial charge in [0.2, 0.25) is 0 Å².